The third-order valence-corrected chi connectivity index (χ3v) is 7.39. The van der Waals surface area contributed by atoms with Gasteiger partial charge >= 0.3 is 0 Å². The Kier molecular flexibility index (Phi) is 5.82. The van der Waals surface area contributed by atoms with Crippen molar-refractivity contribution < 1.29 is 18.6 Å². The first-order valence-electron chi connectivity index (χ1n) is 10.7. The average Bonchev–Trinajstić information content (AvgIpc) is 3.35. The van der Waals surface area contributed by atoms with E-state index in [1.807, 2.05) is 32.9 Å². The smallest absolute Gasteiger partial charge is 0.283 e. The number of hydrogen-bond acceptors (Lipinski definition) is 6. The van der Waals surface area contributed by atoms with Crippen LogP contribution in [0.25, 0.3) is 21.8 Å². The van der Waals surface area contributed by atoms with Crippen LogP contribution in [0.1, 0.15) is 28.1 Å². The normalized spacial score (nSPS) is 11.6. The van der Waals surface area contributed by atoms with Gasteiger partial charge in [0.15, 0.2) is 0 Å². The number of aromatic hydroxyl groups is 2. The maximum absolute atomic E-state index is 12.8. The first kappa shape index (κ1) is 23.3. The number of hydrogen-bond donors (Lipinski definition) is 3. The molecule has 0 saturated heterocycles. The molecule has 0 saturated carbocycles. The zero-order valence-corrected chi connectivity index (χ0v) is 20.4. The monoisotopic (exact) mass is 478 g/mol. The van der Waals surface area contributed by atoms with Gasteiger partial charge in [0.1, 0.15) is 11.5 Å². The summed E-state index contributed by atoms with van der Waals surface area (Å²) in [6.45, 7) is 9.11. The van der Waals surface area contributed by atoms with E-state index in [2.05, 4.69) is 15.3 Å². The lowest BCUT2D eigenvalue weighted by Gasteiger charge is -2.07. The highest BCUT2D eigenvalue weighted by molar-refractivity contribution is 7.90. The molecule has 0 aliphatic heterocycles. The predicted molar refractivity (Wildman–Crippen MR) is 132 cm³/mol. The molecule has 8 nitrogen and oxygen atoms in total. The summed E-state index contributed by atoms with van der Waals surface area (Å²) in [6, 6.07) is 13.7. The van der Waals surface area contributed by atoms with Gasteiger partial charge in [0.2, 0.25) is 0 Å². The molecule has 34 heavy (non-hydrogen) atoms. The second-order valence-electron chi connectivity index (χ2n) is 8.35. The summed E-state index contributed by atoms with van der Waals surface area (Å²) in [5.74, 6) is 0.402. The van der Waals surface area contributed by atoms with Crippen molar-refractivity contribution in [1.29, 1.82) is 0 Å². The lowest BCUT2D eigenvalue weighted by molar-refractivity contribution is 0.477. The highest BCUT2D eigenvalue weighted by atomic mass is 32.2. The maximum Gasteiger partial charge on any atom is 0.283 e. The van der Waals surface area contributed by atoms with Crippen molar-refractivity contribution in [2.75, 3.05) is 0 Å². The van der Waals surface area contributed by atoms with Gasteiger partial charge in [-0.3, -0.25) is 5.10 Å². The Morgan fingerprint density at radius 3 is 2.03 bits per heavy atom. The van der Waals surface area contributed by atoms with Gasteiger partial charge in [0.25, 0.3) is 10.0 Å². The topological polar surface area (TPSA) is 121 Å². The van der Waals surface area contributed by atoms with Gasteiger partial charge in [-0.05, 0) is 70.0 Å². The van der Waals surface area contributed by atoms with Crippen LogP contribution in [0.4, 0.5) is 0 Å². The van der Waals surface area contributed by atoms with Gasteiger partial charge < -0.3 is 10.2 Å². The molecule has 2 aromatic heterocycles. The van der Waals surface area contributed by atoms with Crippen LogP contribution < -0.4 is 0 Å². The second kappa shape index (κ2) is 8.49. The summed E-state index contributed by atoms with van der Waals surface area (Å²) in [6.07, 6.45) is 0. The van der Waals surface area contributed by atoms with Crippen molar-refractivity contribution in [3.63, 3.8) is 0 Å². The molecular weight excluding hydrogens is 452 g/mol. The highest BCUT2D eigenvalue weighted by Gasteiger charge is 2.23. The minimum absolute atomic E-state index is 0.0698. The van der Waals surface area contributed by atoms with Crippen molar-refractivity contribution in [2.45, 2.75) is 39.5 Å². The number of aromatic amines is 1. The van der Waals surface area contributed by atoms with Crippen LogP contribution in [0, 0.1) is 34.6 Å². The van der Waals surface area contributed by atoms with Crippen LogP contribution in [0.5, 0.6) is 11.5 Å². The fourth-order valence-corrected chi connectivity index (χ4v) is 5.10. The number of aryl methyl sites for hydroxylation is 5. The molecule has 176 valence electrons. The fourth-order valence-electron chi connectivity index (χ4n) is 3.78. The van der Waals surface area contributed by atoms with Crippen molar-refractivity contribution >= 4 is 31.8 Å². The predicted octanol–water partition coefficient (Wildman–Crippen LogP) is 4.79. The second-order valence-corrected chi connectivity index (χ2v) is 10.1. The van der Waals surface area contributed by atoms with E-state index in [1.54, 1.807) is 50.2 Å². The molecule has 2 heterocycles. The van der Waals surface area contributed by atoms with E-state index in [0.29, 0.717) is 27.9 Å². The van der Waals surface area contributed by atoms with E-state index < -0.39 is 10.0 Å². The van der Waals surface area contributed by atoms with Gasteiger partial charge in [-0.1, -0.05) is 29.8 Å². The van der Waals surface area contributed by atoms with Crippen molar-refractivity contribution in [1.82, 2.24) is 19.4 Å². The molecule has 9 heteroatoms. The molecule has 5 rings (SSSR count). The SMILES string of the molecule is Cc1ccc(S(=O)(=O)n2nc(C)c3c(O)c(C)ccc32)cc1.Cc1ccc2n[nH]c(C)c2c1O. The molecule has 3 N–H and O–H groups in total. The summed E-state index contributed by atoms with van der Waals surface area (Å²) in [5.41, 5.74) is 5.12. The van der Waals surface area contributed by atoms with E-state index in [9.17, 15) is 18.6 Å². The summed E-state index contributed by atoms with van der Waals surface area (Å²) in [7, 11) is -3.80. The number of phenols is 2. The van der Waals surface area contributed by atoms with E-state index in [1.165, 1.54) is 0 Å². The number of rotatable bonds is 2. The Hall–Kier alpha value is -3.85. The number of benzene rings is 3. The number of phenolic OH excluding ortho intramolecular Hbond substituents is 2. The average molecular weight is 479 g/mol. The molecule has 0 atom stereocenters. The summed E-state index contributed by atoms with van der Waals surface area (Å²) in [4.78, 5) is 0.169. The molecular formula is C25H26N4O4S. The molecule has 0 aliphatic rings. The molecule has 3 aromatic carbocycles. The Bertz CT molecular complexity index is 1630. The van der Waals surface area contributed by atoms with Gasteiger partial charge in [0, 0.05) is 5.69 Å². The first-order chi connectivity index (χ1) is 16.0. The maximum atomic E-state index is 12.8. The van der Waals surface area contributed by atoms with Gasteiger partial charge in [-0.25, -0.2) is 0 Å². The van der Waals surface area contributed by atoms with Crippen LogP contribution in [-0.2, 0) is 10.0 Å². The molecule has 0 amide bonds. The number of fused-ring (bicyclic) bond motifs is 2. The molecule has 0 aliphatic carbocycles. The van der Waals surface area contributed by atoms with Crippen molar-refractivity contribution in [2.24, 2.45) is 0 Å². The lowest BCUT2D eigenvalue weighted by atomic mass is 10.1. The van der Waals surface area contributed by atoms with E-state index in [0.717, 1.165) is 31.8 Å². The van der Waals surface area contributed by atoms with Gasteiger partial charge in [-0.15, -0.1) is 0 Å². The Morgan fingerprint density at radius 2 is 1.38 bits per heavy atom. The first-order valence-corrected chi connectivity index (χ1v) is 12.1. The van der Waals surface area contributed by atoms with Crippen LogP contribution >= 0.6 is 0 Å². The van der Waals surface area contributed by atoms with Crippen LogP contribution in [0.15, 0.2) is 53.4 Å². The number of H-pyrrole nitrogens is 1. The minimum atomic E-state index is -3.80. The quantitative estimate of drug-likeness (QED) is 0.335. The van der Waals surface area contributed by atoms with Crippen LogP contribution in [0.2, 0.25) is 0 Å². The largest absolute Gasteiger partial charge is 0.507 e. The third-order valence-electron chi connectivity index (χ3n) is 5.79. The Morgan fingerprint density at radius 1 is 0.794 bits per heavy atom. The lowest BCUT2D eigenvalue weighted by Crippen LogP contribution is -2.14. The molecule has 0 fully saturated rings. The summed E-state index contributed by atoms with van der Waals surface area (Å²) >= 11 is 0. The Labute approximate surface area is 197 Å². The van der Waals surface area contributed by atoms with Gasteiger partial charge in [-0.2, -0.15) is 22.7 Å². The molecule has 0 spiro atoms. The Balaban J connectivity index is 0.000000192. The minimum Gasteiger partial charge on any atom is -0.507 e. The fraction of sp³-hybridized carbons (Fsp3) is 0.200. The molecule has 5 aromatic rings. The highest BCUT2D eigenvalue weighted by Crippen LogP contribution is 2.32. The third kappa shape index (κ3) is 3.88. The van der Waals surface area contributed by atoms with E-state index >= 15 is 0 Å². The molecule has 0 unspecified atom stereocenters. The summed E-state index contributed by atoms with van der Waals surface area (Å²) < 4.78 is 26.6. The van der Waals surface area contributed by atoms with E-state index in [4.69, 9.17) is 0 Å². The molecule has 0 bridgehead atoms. The van der Waals surface area contributed by atoms with Crippen LogP contribution in [-0.4, -0.2) is 38.0 Å². The number of nitrogens with one attached hydrogen (secondary N) is 1. The van der Waals surface area contributed by atoms with Crippen molar-refractivity contribution in [3.8, 4) is 11.5 Å². The number of nitrogens with zero attached hydrogens (tertiary/aromatic N) is 3. The zero-order valence-electron chi connectivity index (χ0n) is 19.6. The summed E-state index contributed by atoms with van der Waals surface area (Å²) in [5, 5.41) is 32.1. The zero-order chi connectivity index (χ0) is 24.8. The molecule has 0 radical (unpaired) electrons. The standard InChI is InChI=1S/C16H16N2O3S.C9H10N2O/c1-10-4-7-13(8-5-10)22(20,21)18-14-9-6-11(2)16(19)15(14)12(3)17-18;1-5-3-4-7-8(9(5)12)6(2)10-11-7/h4-9,19H,1-3H3;3-4,12H,1-2H3,(H,10,11). The van der Waals surface area contributed by atoms with E-state index in [-0.39, 0.29) is 10.6 Å². The number of aromatic nitrogens is 4. The van der Waals surface area contributed by atoms with Crippen molar-refractivity contribution in [3.05, 3.63) is 76.6 Å². The van der Waals surface area contributed by atoms with Crippen LogP contribution in [0.3, 0.4) is 0 Å². The van der Waals surface area contributed by atoms with Gasteiger partial charge in [0.05, 0.1) is 32.4 Å².